The van der Waals surface area contributed by atoms with Crippen molar-refractivity contribution in [2.75, 3.05) is 5.75 Å². The molecule has 0 saturated carbocycles. The monoisotopic (exact) mass is 264 g/mol. The predicted octanol–water partition coefficient (Wildman–Crippen LogP) is 3.01. The molecule has 0 radical (unpaired) electrons. The summed E-state index contributed by atoms with van der Waals surface area (Å²) in [5, 5.41) is 0. The summed E-state index contributed by atoms with van der Waals surface area (Å²) in [6.45, 7) is 1.78. The molecule has 18 heavy (non-hydrogen) atoms. The Hall–Kier alpha value is -1.81. The standard InChI is InChI=1S/C14H16O3S/c1-2-18(15,16-13-9-5-3-6-10-13)17-14-11-7-4-8-12-14/h3-12,18H,2H2,1H3. The van der Waals surface area contributed by atoms with Crippen LogP contribution >= 0.6 is 0 Å². The van der Waals surface area contributed by atoms with Crippen molar-refractivity contribution in [1.82, 2.24) is 0 Å². The van der Waals surface area contributed by atoms with Crippen molar-refractivity contribution in [3.8, 4) is 11.5 Å². The molecule has 0 bridgehead atoms. The van der Waals surface area contributed by atoms with Crippen molar-refractivity contribution < 1.29 is 12.6 Å². The Morgan fingerprint density at radius 1 is 0.833 bits per heavy atom. The van der Waals surface area contributed by atoms with Gasteiger partial charge in [0.05, 0.1) is 5.75 Å². The van der Waals surface area contributed by atoms with Gasteiger partial charge in [0.1, 0.15) is 22.0 Å². The molecule has 0 saturated heterocycles. The zero-order valence-electron chi connectivity index (χ0n) is 10.2. The lowest BCUT2D eigenvalue weighted by Crippen LogP contribution is -2.28. The van der Waals surface area contributed by atoms with Crippen LogP contribution in [0.2, 0.25) is 0 Å². The molecule has 96 valence electrons. The van der Waals surface area contributed by atoms with Gasteiger partial charge in [-0.1, -0.05) is 36.4 Å². The van der Waals surface area contributed by atoms with Gasteiger partial charge < -0.3 is 8.37 Å². The third-order valence-electron chi connectivity index (χ3n) is 2.36. The number of hydrogen-bond donors (Lipinski definition) is 1. The van der Waals surface area contributed by atoms with E-state index < -0.39 is 10.5 Å². The third kappa shape index (κ3) is 3.34. The average Bonchev–Trinajstić information content (AvgIpc) is 2.41. The number of hydrogen-bond acceptors (Lipinski definition) is 3. The van der Waals surface area contributed by atoms with E-state index in [9.17, 15) is 4.21 Å². The van der Waals surface area contributed by atoms with Crippen molar-refractivity contribution in [1.29, 1.82) is 0 Å². The van der Waals surface area contributed by atoms with Gasteiger partial charge in [0.25, 0.3) is 0 Å². The van der Waals surface area contributed by atoms with Crippen LogP contribution in [0.4, 0.5) is 0 Å². The Morgan fingerprint density at radius 3 is 1.56 bits per heavy atom. The van der Waals surface area contributed by atoms with E-state index in [1.54, 1.807) is 31.2 Å². The van der Waals surface area contributed by atoms with E-state index in [0.717, 1.165) is 0 Å². The fraction of sp³-hybridized carbons (Fsp3) is 0.143. The molecule has 3 nitrogen and oxygen atoms in total. The molecule has 0 amide bonds. The van der Waals surface area contributed by atoms with Crippen LogP contribution < -0.4 is 8.37 Å². The minimum Gasteiger partial charge on any atom is -0.398 e. The second-order valence-electron chi connectivity index (χ2n) is 3.74. The summed E-state index contributed by atoms with van der Waals surface area (Å²) in [6, 6.07) is 18.1. The van der Waals surface area contributed by atoms with E-state index in [0.29, 0.717) is 17.3 Å². The van der Waals surface area contributed by atoms with Gasteiger partial charge in [-0.05, 0) is 31.2 Å². The van der Waals surface area contributed by atoms with Crippen LogP contribution in [-0.2, 0) is 10.5 Å². The average molecular weight is 264 g/mol. The Morgan fingerprint density at radius 2 is 1.22 bits per heavy atom. The van der Waals surface area contributed by atoms with Crippen LogP contribution in [0.5, 0.6) is 11.5 Å². The summed E-state index contributed by atoms with van der Waals surface area (Å²) in [5.41, 5.74) is 0. The van der Waals surface area contributed by atoms with Crippen molar-refractivity contribution in [3.63, 3.8) is 0 Å². The fourth-order valence-corrected chi connectivity index (χ4v) is 2.61. The molecule has 0 aromatic heterocycles. The highest BCUT2D eigenvalue weighted by Crippen LogP contribution is 2.21. The predicted molar refractivity (Wildman–Crippen MR) is 74.2 cm³/mol. The smallest absolute Gasteiger partial charge is 0.148 e. The molecule has 0 atom stereocenters. The molecule has 0 aliphatic heterocycles. The minimum absolute atomic E-state index is 0.316. The first kappa shape index (κ1) is 12.6. The molecular weight excluding hydrogens is 248 g/mol. The largest absolute Gasteiger partial charge is 0.398 e. The molecule has 0 spiro atoms. The maximum Gasteiger partial charge on any atom is 0.148 e. The molecule has 2 aromatic carbocycles. The van der Waals surface area contributed by atoms with Gasteiger partial charge in [0.2, 0.25) is 0 Å². The Balaban J connectivity index is 2.14. The second-order valence-corrected chi connectivity index (χ2v) is 5.96. The summed E-state index contributed by atoms with van der Waals surface area (Å²) < 4.78 is 23.5. The lowest BCUT2D eigenvalue weighted by atomic mass is 10.3. The lowest BCUT2D eigenvalue weighted by molar-refractivity contribution is 0.435. The summed E-state index contributed by atoms with van der Waals surface area (Å²) in [5.74, 6) is 1.42. The van der Waals surface area contributed by atoms with Crippen LogP contribution in [0.25, 0.3) is 0 Å². The maximum atomic E-state index is 12.5. The minimum atomic E-state index is -3.14. The molecule has 0 aliphatic rings. The fourth-order valence-electron chi connectivity index (χ4n) is 1.43. The topological polar surface area (TPSA) is 35.5 Å². The Kier molecular flexibility index (Phi) is 3.99. The Bertz CT molecular complexity index is 480. The lowest BCUT2D eigenvalue weighted by Gasteiger charge is -2.25. The molecule has 2 rings (SSSR count). The van der Waals surface area contributed by atoms with Crippen LogP contribution in [-0.4, -0.2) is 9.96 Å². The number of thiol groups is 1. The van der Waals surface area contributed by atoms with Crippen LogP contribution in [0.3, 0.4) is 0 Å². The van der Waals surface area contributed by atoms with E-state index in [1.165, 1.54) is 0 Å². The first-order valence-corrected chi connectivity index (χ1v) is 7.53. The van der Waals surface area contributed by atoms with Crippen molar-refractivity contribution >= 4 is 10.5 Å². The highest BCUT2D eigenvalue weighted by molar-refractivity contribution is 7.94. The summed E-state index contributed by atoms with van der Waals surface area (Å²) in [7, 11) is -3.14. The number of benzene rings is 2. The van der Waals surface area contributed by atoms with E-state index >= 15 is 0 Å². The number of rotatable bonds is 5. The zero-order chi connectivity index (χ0) is 12.8. The molecule has 0 aliphatic carbocycles. The van der Waals surface area contributed by atoms with Gasteiger partial charge in [0.15, 0.2) is 0 Å². The highest BCUT2D eigenvalue weighted by atomic mass is 32.3. The highest BCUT2D eigenvalue weighted by Gasteiger charge is 2.15. The van der Waals surface area contributed by atoms with E-state index in [1.807, 2.05) is 36.4 Å². The van der Waals surface area contributed by atoms with Crippen molar-refractivity contribution in [2.24, 2.45) is 0 Å². The van der Waals surface area contributed by atoms with Gasteiger partial charge in [0, 0.05) is 0 Å². The molecule has 0 N–H and O–H groups in total. The van der Waals surface area contributed by atoms with Gasteiger partial charge in [-0.2, -0.15) is 0 Å². The van der Waals surface area contributed by atoms with E-state index in [2.05, 4.69) is 0 Å². The van der Waals surface area contributed by atoms with E-state index in [-0.39, 0.29) is 0 Å². The Labute approximate surface area is 108 Å². The first-order valence-electron chi connectivity index (χ1n) is 5.80. The van der Waals surface area contributed by atoms with Gasteiger partial charge in [-0.25, -0.2) is 4.21 Å². The zero-order valence-corrected chi connectivity index (χ0v) is 11.0. The molecule has 2 aromatic rings. The number of para-hydroxylation sites is 2. The summed E-state index contributed by atoms with van der Waals surface area (Å²) in [6.07, 6.45) is 0. The summed E-state index contributed by atoms with van der Waals surface area (Å²) in [4.78, 5) is 0. The van der Waals surface area contributed by atoms with Gasteiger partial charge in [-0.15, -0.1) is 0 Å². The molecule has 4 heteroatoms. The van der Waals surface area contributed by atoms with E-state index in [4.69, 9.17) is 8.37 Å². The SMILES string of the molecule is CC[SH](=O)(Oc1ccccc1)Oc1ccccc1. The van der Waals surface area contributed by atoms with Crippen LogP contribution in [0.15, 0.2) is 60.7 Å². The third-order valence-corrected chi connectivity index (χ3v) is 4.12. The quantitative estimate of drug-likeness (QED) is 0.843. The second kappa shape index (κ2) is 5.69. The van der Waals surface area contributed by atoms with Crippen LogP contribution in [0.1, 0.15) is 6.92 Å². The van der Waals surface area contributed by atoms with Crippen molar-refractivity contribution in [2.45, 2.75) is 6.92 Å². The van der Waals surface area contributed by atoms with Crippen molar-refractivity contribution in [3.05, 3.63) is 60.7 Å². The van der Waals surface area contributed by atoms with Gasteiger partial charge in [-0.3, -0.25) is 0 Å². The normalized spacial score (nSPS) is 11.8. The first-order chi connectivity index (χ1) is 8.72. The molecule has 0 unspecified atom stereocenters. The molecule has 0 heterocycles. The van der Waals surface area contributed by atoms with Crippen LogP contribution in [0, 0.1) is 0 Å². The molecule has 0 fully saturated rings. The maximum absolute atomic E-state index is 12.5. The molecular formula is C14H16O3S. The summed E-state index contributed by atoms with van der Waals surface area (Å²) >= 11 is 0. The van der Waals surface area contributed by atoms with Gasteiger partial charge >= 0.3 is 0 Å².